The number of nitrogens with zero attached hydrogens (tertiary/aromatic N) is 1. The molecule has 0 aliphatic carbocycles. The number of aromatic hydroxyl groups is 1. The minimum absolute atomic E-state index is 0.128. The lowest BCUT2D eigenvalue weighted by Crippen LogP contribution is -2.45. The van der Waals surface area contributed by atoms with Gasteiger partial charge in [0.2, 0.25) is 0 Å². The number of thiocarbonyl (C=S) groups is 1. The lowest BCUT2D eigenvalue weighted by Gasteiger charge is -2.23. The molecular weight excluding hydrogens is 370 g/mol. The van der Waals surface area contributed by atoms with Crippen molar-refractivity contribution in [2.75, 3.05) is 0 Å². The Kier molecular flexibility index (Phi) is 5.39. The molecule has 1 fully saturated rings. The predicted octanol–water partition coefficient (Wildman–Crippen LogP) is 3.29. The van der Waals surface area contributed by atoms with E-state index in [1.54, 1.807) is 18.2 Å². The van der Waals surface area contributed by atoms with Gasteiger partial charge >= 0.3 is 5.97 Å². The highest BCUT2D eigenvalue weighted by Gasteiger charge is 2.40. The fourth-order valence-corrected chi connectivity index (χ4v) is 3.95. The molecule has 1 atom stereocenters. The van der Waals surface area contributed by atoms with Gasteiger partial charge in [0, 0.05) is 6.42 Å². The highest BCUT2D eigenvalue weighted by molar-refractivity contribution is 8.26. The summed E-state index contributed by atoms with van der Waals surface area (Å²) in [4.78, 5) is 26.1. The molecule has 1 saturated heterocycles. The Morgan fingerprint density at radius 1 is 1.15 bits per heavy atom. The smallest absolute Gasteiger partial charge is 0.327 e. The first kappa shape index (κ1) is 18.2. The van der Waals surface area contributed by atoms with Crippen LogP contribution in [0.3, 0.4) is 0 Å². The van der Waals surface area contributed by atoms with E-state index in [1.807, 2.05) is 30.3 Å². The van der Waals surface area contributed by atoms with Crippen molar-refractivity contribution in [1.82, 2.24) is 4.90 Å². The Hall–Kier alpha value is -2.64. The monoisotopic (exact) mass is 385 g/mol. The Labute approximate surface area is 160 Å². The maximum atomic E-state index is 12.8. The minimum Gasteiger partial charge on any atom is -0.508 e. The summed E-state index contributed by atoms with van der Waals surface area (Å²) in [5, 5.41) is 19.0. The van der Waals surface area contributed by atoms with E-state index in [4.69, 9.17) is 12.2 Å². The standard InChI is InChI=1S/C19H15NO4S2/c21-14-8-6-13(7-9-14)11-16-17(22)20(19(25)26-16)15(18(23)24)10-12-4-2-1-3-5-12/h1-9,11,15,21H,10H2,(H,23,24). The van der Waals surface area contributed by atoms with E-state index in [1.165, 1.54) is 17.0 Å². The molecule has 0 bridgehead atoms. The quantitative estimate of drug-likeness (QED) is 0.607. The van der Waals surface area contributed by atoms with Crippen LogP contribution in [-0.2, 0) is 16.0 Å². The summed E-state index contributed by atoms with van der Waals surface area (Å²) in [6, 6.07) is 14.4. The van der Waals surface area contributed by atoms with Crippen LogP contribution in [0.4, 0.5) is 0 Å². The van der Waals surface area contributed by atoms with E-state index >= 15 is 0 Å². The molecule has 26 heavy (non-hydrogen) atoms. The van der Waals surface area contributed by atoms with Gasteiger partial charge in [-0.2, -0.15) is 0 Å². The van der Waals surface area contributed by atoms with Gasteiger partial charge in [0.1, 0.15) is 16.1 Å². The van der Waals surface area contributed by atoms with E-state index in [-0.39, 0.29) is 16.5 Å². The minimum atomic E-state index is -1.10. The zero-order valence-corrected chi connectivity index (χ0v) is 15.2. The van der Waals surface area contributed by atoms with Crippen LogP contribution in [-0.4, -0.2) is 37.4 Å². The number of phenolic OH excluding ortho intramolecular Hbond substituents is 1. The Morgan fingerprint density at radius 3 is 2.42 bits per heavy atom. The van der Waals surface area contributed by atoms with E-state index in [0.29, 0.717) is 4.91 Å². The van der Waals surface area contributed by atoms with Crippen molar-refractivity contribution in [2.45, 2.75) is 12.5 Å². The molecule has 5 nitrogen and oxygen atoms in total. The molecule has 2 aromatic carbocycles. The molecule has 0 spiro atoms. The van der Waals surface area contributed by atoms with Crippen molar-refractivity contribution in [2.24, 2.45) is 0 Å². The third kappa shape index (κ3) is 3.95. The van der Waals surface area contributed by atoms with Crippen molar-refractivity contribution >= 4 is 46.3 Å². The zero-order chi connectivity index (χ0) is 18.7. The average molecular weight is 385 g/mol. The molecule has 0 saturated carbocycles. The zero-order valence-electron chi connectivity index (χ0n) is 13.5. The highest BCUT2D eigenvalue weighted by atomic mass is 32.2. The Balaban J connectivity index is 1.86. The molecule has 2 N–H and O–H groups in total. The van der Waals surface area contributed by atoms with Crippen molar-refractivity contribution in [1.29, 1.82) is 0 Å². The van der Waals surface area contributed by atoms with Crippen LogP contribution in [0.1, 0.15) is 11.1 Å². The molecule has 3 rings (SSSR count). The predicted molar refractivity (Wildman–Crippen MR) is 105 cm³/mol. The first-order valence-corrected chi connectivity index (χ1v) is 9.01. The summed E-state index contributed by atoms with van der Waals surface area (Å²) in [5.74, 6) is -1.39. The summed E-state index contributed by atoms with van der Waals surface area (Å²) in [6.45, 7) is 0. The first-order chi connectivity index (χ1) is 12.5. The number of carboxylic acid groups (broad SMARTS) is 1. The number of carbonyl (C=O) groups is 2. The van der Waals surface area contributed by atoms with Crippen molar-refractivity contribution in [3.8, 4) is 5.75 Å². The van der Waals surface area contributed by atoms with Crippen LogP contribution < -0.4 is 0 Å². The number of aliphatic carboxylic acids is 1. The SMILES string of the molecule is O=C(O)C(Cc1ccccc1)N1C(=O)C(=Cc2ccc(O)cc2)SC1=S. The fourth-order valence-electron chi connectivity index (χ4n) is 2.60. The van der Waals surface area contributed by atoms with Crippen LogP contribution in [0.5, 0.6) is 5.75 Å². The van der Waals surface area contributed by atoms with Crippen LogP contribution in [0, 0.1) is 0 Å². The largest absolute Gasteiger partial charge is 0.508 e. The van der Waals surface area contributed by atoms with Crippen LogP contribution >= 0.6 is 24.0 Å². The number of hydrogen-bond donors (Lipinski definition) is 2. The second kappa shape index (κ2) is 7.72. The van der Waals surface area contributed by atoms with E-state index in [0.717, 1.165) is 22.9 Å². The maximum absolute atomic E-state index is 12.8. The second-order valence-electron chi connectivity index (χ2n) is 5.69. The van der Waals surface area contributed by atoms with Crippen LogP contribution in [0.2, 0.25) is 0 Å². The van der Waals surface area contributed by atoms with E-state index < -0.39 is 17.9 Å². The number of phenols is 1. The third-order valence-corrected chi connectivity index (χ3v) is 5.21. The maximum Gasteiger partial charge on any atom is 0.327 e. The molecule has 7 heteroatoms. The van der Waals surface area contributed by atoms with Crippen LogP contribution in [0.15, 0.2) is 59.5 Å². The summed E-state index contributed by atoms with van der Waals surface area (Å²) in [5.41, 5.74) is 1.54. The highest BCUT2D eigenvalue weighted by Crippen LogP contribution is 2.34. The molecule has 0 aromatic heterocycles. The van der Waals surface area contributed by atoms with Gasteiger partial charge in [0.05, 0.1) is 4.91 Å². The fraction of sp³-hybridized carbons (Fsp3) is 0.105. The lowest BCUT2D eigenvalue weighted by molar-refractivity contribution is -0.145. The normalized spacial score (nSPS) is 16.9. The number of carbonyl (C=O) groups excluding carboxylic acids is 1. The van der Waals surface area contributed by atoms with Gasteiger partial charge < -0.3 is 10.2 Å². The molecule has 0 radical (unpaired) electrons. The van der Waals surface area contributed by atoms with Gasteiger partial charge in [0.25, 0.3) is 5.91 Å². The van der Waals surface area contributed by atoms with Crippen molar-refractivity contribution < 1.29 is 19.8 Å². The number of hydrogen-bond acceptors (Lipinski definition) is 5. The van der Waals surface area contributed by atoms with Crippen LogP contribution in [0.25, 0.3) is 6.08 Å². The molecule has 1 heterocycles. The average Bonchev–Trinajstić information content (AvgIpc) is 2.89. The lowest BCUT2D eigenvalue weighted by atomic mass is 10.0. The Morgan fingerprint density at radius 2 is 1.81 bits per heavy atom. The number of amides is 1. The first-order valence-electron chi connectivity index (χ1n) is 7.78. The molecule has 1 aliphatic rings. The number of rotatable bonds is 5. The van der Waals surface area contributed by atoms with E-state index in [9.17, 15) is 19.8 Å². The molecule has 1 amide bonds. The molecular formula is C19H15NO4S2. The topological polar surface area (TPSA) is 77.8 Å². The van der Waals surface area contributed by atoms with Gasteiger partial charge in [-0.3, -0.25) is 9.69 Å². The summed E-state index contributed by atoms with van der Waals surface area (Å²) in [6.07, 6.45) is 1.81. The molecule has 1 aliphatic heterocycles. The molecule has 1 unspecified atom stereocenters. The Bertz CT molecular complexity index is 878. The van der Waals surface area contributed by atoms with Gasteiger partial charge in [-0.25, -0.2) is 4.79 Å². The molecule has 132 valence electrons. The number of thioether (sulfide) groups is 1. The van der Waals surface area contributed by atoms with Crippen molar-refractivity contribution in [3.63, 3.8) is 0 Å². The van der Waals surface area contributed by atoms with Gasteiger partial charge in [0.15, 0.2) is 0 Å². The van der Waals surface area contributed by atoms with Gasteiger partial charge in [-0.1, -0.05) is 66.4 Å². The van der Waals surface area contributed by atoms with Gasteiger partial charge in [-0.15, -0.1) is 0 Å². The van der Waals surface area contributed by atoms with E-state index in [2.05, 4.69) is 0 Å². The second-order valence-corrected chi connectivity index (χ2v) is 7.36. The summed E-state index contributed by atoms with van der Waals surface area (Å²) >= 11 is 6.35. The molecule has 2 aromatic rings. The number of benzene rings is 2. The number of carboxylic acids is 1. The summed E-state index contributed by atoms with van der Waals surface area (Å²) in [7, 11) is 0. The third-order valence-electron chi connectivity index (χ3n) is 3.88. The van der Waals surface area contributed by atoms with Gasteiger partial charge in [-0.05, 0) is 29.3 Å². The van der Waals surface area contributed by atoms with Crippen molar-refractivity contribution in [3.05, 3.63) is 70.6 Å². The summed E-state index contributed by atoms with van der Waals surface area (Å²) < 4.78 is 0.225.